The molecule has 0 radical (unpaired) electrons. The van der Waals surface area contributed by atoms with Crippen molar-refractivity contribution in [2.75, 3.05) is 31.1 Å². The molecule has 2 heterocycles. The van der Waals surface area contributed by atoms with Crippen LogP contribution in [0.1, 0.15) is 40.9 Å². The van der Waals surface area contributed by atoms with Crippen LogP contribution in [0.3, 0.4) is 0 Å². The largest absolute Gasteiger partial charge is 0.368 e. The van der Waals surface area contributed by atoms with E-state index in [1.807, 2.05) is 23.1 Å². The van der Waals surface area contributed by atoms with Gasteiger partial charge in [-0.1, -0.05) is 18.2 Å². The van der Waals surface area contributed by atoms with Gasteiger partial charge < -0.3 is 20.0 Å². The van der Waals surface area contributed by atoms with E-state index in [0.29, 0.717) is 54.6 Å². The summed E-state index contributed by atoms with van der Waals surface area (Å²) in [7, 11) is 0. The van der Waals surface area contributed by atoms with Crippen LogP contribution in [-0.2, 0) is 6.42 Å². The third-order valence-electron chi connectivity index (χ3n) is 7.25. The minimum atomic E-state index is -1.34. The Balaban J connectivity index is 1.37. The van der Waals surface area contributed by atoms with E-state index in [4.69, 9.17) is 9.97 Å². The number of carbonyl (C=O) groups excluding carboxylic acids is 1. The van der Waals surface area contributed by atoms with Crippen LogP contribution in [0.4, 0.5) is 10.1 Å². The molecule has 1 aliphatic heterocycles. The molecular formula is C31H33FN4O3. The van der Waals surface area contributed by atoms with Crippen LogP contribution in [0.2, 0.25) is 0 Å². The molecule has 1 aromatic heterocycles. The lowest BCUT2D eigenvalue weighted by atomic mass is 10.0. The van der Waals surface area contributed by atoms with Crippen LogP contribution >= 0.6 is 0 Å². The number of nitrogens with zero attached hydrogens (tertiary/aromatic N) is 4. The zero-order valence-corrected chi connectivity index (χ0v) is 22.1. The lowest BCUT2D eigenvalue weighted by molar-refractivity contribution is -0.0465. The van der Waals surface area contributed by atoms with Gasteiger partial charge in [0.1, 0.15) is 5.82 Å². The van der Waals surface area contributed by atoms with E-state index in [2.05, 4.69) is 24.0 Å². The molecule has 2 N–H and O–H groups in total. The fourth-order valence-corrected chi connectivity index (χ4v) is 5.11. The van der Waals surface area contributed by atoms with Gasteiger partial charge >= 0.3 is 0 Å². The smallest absolute Gasteiger partial charge is 0.254 e. The summed E-state index contributed by atoms with van der Waals surface area (Å²) in [6.07, 6.45) is 0.823. The number of fused-ring (bicyclic) bond motifs is 1. The van der Waals surface area contributed by atoms with Crippen LogP contribution in [-0.4, -0.2) is 63.5 Å². The topological polar surface area (TPSA) is 89.8 Å². The van der Waals surface area contributed by atoms with Gasteiger partial charge in [-0.15, -0.1) is 0 Å². The van der Waals surface area contributed by atoms with Crippen LogP contribution in [0, 0.1) is 12.7 Å². The molecule has 0 spiro atoms. The summed E-state index contributed by atoms with van der Waals surface area (Å²) in [4.78, 5) is 27.3. The van der Waals surface area contributed by atoms with E-state index in [-0.39, 0.29) is 18.1 Å². The zero-order chi connectivity index (χ0) is 27.4. The molecule has 5 rings (SSSR count). The molecular weight excluding hydrogens is 495 g/mol. The predicted octanol–water partition coefficient (Wildman–Crippen LogP) is 4.73. The number of aliphatic hydroxyl groups is 2. The van der Waals surface area contributed by atoms with Gasteiger partial charge in [0.05, 0.1) is 22.4 Å². The van der Waals surface area contributed by atoms with Crippen LogP contribution in [0.25, 0.3) is 22.3 Å². The summed E-state index contributed by atoms with van der Waals surface area (Å²) in [5.74, 6) is -0.349. The number of halogens is 1. The Morgan fingerprint density at radius 1 is 0.923 bits per heavy atom. The Morgan fingerprint density at radius 2 is 1.67 bits per heavy atom. The van der Waals surface area contributed by atoms with E-state index in [1.165, 1.54) is 23.4 Å². The van der Waals surface area contributed by atoms with Crippen molar-refractivity contribution < 1.29 is 19.4 Å². The van der Waals surface area contributed by atoms with Crippen molar-refractivity contribution in [2.24, 2.45) is 0 Å². The van der Waals surface area contributed by atoms with Gasteiger partial charge in [-0.05, 0) is 86.7 Å². The number of anilines is 1. The number of aromatic nitrogens is 2. The lowest BCUT2D eigenvalue weighted by Crippen LogP contribution is -2.49. The third kappa shape index (κ3) is 6.24. The molecule has 1 aliphatic rings. The van der Waals surface area contributed by atoms with Crippen molar-refractivity contribution in [2.45, 2.75) is 38.9 Å². The van der Waals surface area contributed by atoms with Gasteiger partial charge in [-0.2, -0.15) is 0 Å². The number of hydrogen-bond donors (Lipinski definition) is 2. The summed E-state index contributed by atoms with van der Waals surface area (Å²) in [6, 6.07) is 19.9. The first-order chi connectivity index (χ1) is 18.9. The predicted molar refractivity (Wildman–Crippen MR) is 150 cm³/mol. The number of rotatable bonds is 8. The van der Waals surface area contributed by atoms with Crippen LogP contribution in [0.5, 0.6) is 0 Å². The zero-order valence-electron chi connectivity index (χ0n) is 22.1. The van der Waals surface area contributed by atoms with Gasteiger partial charge in [-0.25, -0.2) is 14.4 Å². The fourth-order valence-electron chi connectivity index (χ4n) is 5.11. The Hall–Kier alpha value is -3.88. The summed E-state index contributed by atoms with van der Waals surface area (Å²) in [5, 5.41) is 18.4. The first kappa shape index (κ1) is 26.7. The van der Waals surface area contributed by atoms with Crippen molar-refractivity contribution in [3.8, 4) is 11.3 Å². The second-order valence-electron chi connectivity index (χ2n) is 10.0. The van der Waals surface area contributed by atoms with E-state index >= 15 is 0 Å². The van der Waals surface area contributed by atoms with Gasteiger partial charge in [-0.3, -0.25) is 4.79 Å². The molecule has 4 aromatic rings. The average molecular weight is 529 g/mol. The first-order valence-corrected chi connectivity index (χ1v) is 13.4. The van der Waals surface area contributed by atoms with E-state index in [9.17, 15) is 19.4 Å². The summed E-state index contributed by atoms with van der Waals surface area (Å²) in [6.45, 7) is 4.94. The van der Waals surface area contributed by atoms with E-state index < -0.39 is 6.29 Å². The van der Waals surface area contributed by atoms with Crippen LogP contribution < -0.4 is 4.90 Å². The number of aryl methyl sites for hydroxylation is 2. The number of benzene rings is 3. The fraction of sp³-hybridized carbons (Fsp3) is 0.323. The van der Waals surface area contributed by atoms with E-state index in [1.54, 1.807) is 24.3 Å². The molecule has 1 saturated heterocycles. The van der Waals surface area contributed by atoms with Gasteiger partial charge in [0.25, 0.3) is 5.91 Å². The molecule has 0 saturated carbocycles. The number of unbranched alkanes of at least 4 members (excludes halogenated alkanes) is 1. The highest BCUT2D eigenvalue weighted by Gasteiger charge is 2.23. The van der Waals surface area contributed by atoms with Gasteiger partial charge in [0, 0.05) is 43.0 Å². The normalized spacial score (nSPS) is 13.9. The Bertz CT molecular complexity index is 1450. The highest BCUT2D eigenvalue weighted by atomic mass is 19.1. The van der Waals surface area contributed by atoms with Gasteiger partial charge in [0.2, 0.25) is 0 Å². The third-order valence-corrected chi connectivity index (χ3v) is 7.25. The molecule has 0 aliphatic carbocycles. The average Bonchev–Trinajstić information content (AvgIpc) is 2.95. The quantitative estimate of drug-likeness (QED) is 0.254. The molecule has 7 nitrogen and oxygen atoms in total. The molecule has 202 valence electrons. The number of carbonyl (C=O) groups is 1. The van der Waals surface area contributed by atoms with E-state index in [0.717, 1.165) is 24.3 Å². The standard InChI is InChI=1S/C31H33FN4O3/c1-21-6-2-4-8-28(21)35-16-18-36(19-17-35)31(39)23-12-15-25-27(20-23)33-26(7-3-5-9-29(37)38)30(34-25)22-10-13-24(32)14-11-22/h2,4,6,8,10-15,20,29,37-38H,3,5,7,9,16-19H2,1H3. The van der Waals surface area contributed by atoms with Crippen molar-refractivity contribution in [3.63, 3.8) is 0 Å². The Labute approximate surface area is 227 Å². The van der Waals surface area contributed by atoms with Crippen LogP contribution in [0.15, 0.2) is 66.7 Å². The van der Waals surface area contributed by atoms with Crippen molar-refractivity contribution >= 4 is 22.6 Å². The number of para-hydroxylation sites is 1. The van der Waals surface area contributed by atoms with Crippen molar-refractivity contribution in [1.29, 1.82) is 0 Å². The minimum Gasteiger partial charge on any atom is -0.368 e. The maximum atomic E-state index is 13.6. The monoisotopic (exact) mass is 528 g/mol. The molecule has 0 bridgehead atoms. The highest BCUT2D eigenvalue weighted by molar-refractivity contribution is 5.97. The minimum absolute atomic E-state index is 0.0239. The maximum Gasteiger partial charge on any atom is 0.254 e. The number of amides is 1. The molecule has 1 amide bonds. The summed E-state index contributed by atoms with van der Waals surface area (Å²) >= 11 is 0. The summed E-state index contributed by atoms with van der Waals surface area (Å²) < 4.78 is 13.6. The molecule has 0 unspecified atom stereocenters. The Morgan fingerprint density at radius 3 is 2.38 bits per heavy atom. The molecule has 0 atom stereocenters. The van der Waals surface area contributed by atoms with Crippen molar-refractivity contribution in [1.82, 2.24) is 14.9 Å². The SMILES string of the molecule is Cc1ccccc1N1CCN(C(=O)c2ccc3nc(-c4ccc(F)cc4)c(CCCCC(O)O)nc3c2)CC1. The second-order valence-corrected chi connectivity index (χ2v) is 10.0. The lowest BCUT2D eigenvalue weighted by Gasteiger charge is -2.36. The van der Waals surface area contributed by atoms with Crippen molar-refractivity contribution in [3.05, 3.63) is 89.4 Å². The molecule has 39 heavy (non-hydrogen) atoms. The maximum absolute atomic E-state index is 13.6. The molecule has 1 fully saturated rings. The van der Waals surface area contributed by atoms with Gasteiger partial charge in [0.15, 0.2) is 6.29 Å². The molecule has 8 heteroatoms. The number of piperazine rings is 1. The number of hydrogen-bond acceptors (Lipinski definition) is 6. The second kappa shape index (κ2) is 11.9. The first-order valence-electron chi connectivity index (χ1n) is 13.4. The Kier molecular flexibility index (Phi) is 8.14. The molecule has 3 aromatic carbocycles. The summed E-state index contributed by atoms with van der Waals surface area (Å²) in [5.41, 5.74) is 6.46. The highest BCUT2D eigenvalue weighted by Crippen LogP contribution is 2.27. The number of aliphatic hydroxyl groups excluding tert-OH is 1.